The fourth-order valence-corrected chi connectivity index (χ4v) is 1.73. The molecule has 1 aromatic heterocycles. The first kappa shape index (κ1) is 11.0. The van der Waals surface area contributed by atoms with E-state index in [-0.39, 0.29) is 0 Å². The first-order valence-corrected chi connectivity index (χ1v) is 6.11. The normalized spacial score (nSPS) is 10.3. The van der Waals surface area contributed by atoms with Crippen molar-refractivity contribution in [1.29, 1.82) is 0 Å². The second-order valence-electron chi connectivity index (χ2n) is 3.11. The van der Waals surface area contributed by atoms with Gasteiger partial charge in [0, 0.05) is 5.69 Å². The first-order chi connectivity index (χ1) is 7.88. The molecule has 84 valence electrons. The summed E-state index contributed by atoms with van der Waals surface area (Å²) in [6.07, 6.45) is 0. The summed E-state index contributed by atoms with van der Waals surface area (Å²) in [5, 5.41) is 11.7. The quantitative estimate of drug-likeness (QED) is 0.807. The third-order valence-electron chi connectivity index (χ3n) is 1.93. The Morgan fingerprint density at radius 3 is 2.81 bits per heavy atom. The lowest BCUT2D eigenvalue weighted by Crippen LogP contribution is -1.99. The molecule has 4 nitrogen and oxygen atoms in total. The molecule has 2 aromatic rings. The second kappa shape index (κ2) is 5.55. The zero-order chi connectivity index (χ0) is 11.2. The largest absolute Gasteiger partial charge is 0.414 e. The van der Waals surface area contributed by atoms with Gasteiger partial charge in [-0.2, -0.15) is 0 Å². The maximum atomic E-state index is 5.42. The third-order valence-corrected chi connectivity index (χ3v) is 2.63. The van der Waals surface area contributed by atoms with Crippen molar-refractivity contribution in [2.75, 3.05) is 11.1 Å². The highest BCUT2D eigenvalue weighted by atomic mass is 32.2. The molecule has 0 radical (unpaired) electrons. The molecular weight excluding hydrogens is 222 g/mol. The van der Waals surface area contributed by atoms with E-state index in [4.69, 9.17) is 4.42 Å². The van der Waals surface area contributed by atoms with Gasteiger partial charge in [0.1, 0.15) is 0 Å². The Kier molecular flexibility index (Phi) is 3.82. The van der Waals surface area contributed by atoms with E-state index in [9.17, 15) is 0 Å². The summed E-state index contributed by atoms with van der Waals surface area (Å²) in [4.78, 5) is 0. The van der Waals surface area contributed by atoms with Gasteiger partial charge in [-0.25, -0.2) is 0 Å². The lowest BCUT2D eigenvalue weighted by Gasteiger charge is -2.01. The van der Waals surface area contributed by atoms with E-state index >= 15 is 0 Å². The Balaban J connectivity index is 1.89. The topological polar surface area (TPSA) is 51.0 Å². The summed E-state index contributed by atoms with van der Waals surface area (Å²) in [5.41, 5.74) is 1.05. The molecule has 0 aliphatic heterocycles. The van der Waals surface area contributed by atoms with Crippen molar-refractivity contribution in [3.8, 4) is 0 Å². The SMILES string of the molecule is CCSc1nnc(CNc2ccccc2)o1. The van der Waals surface area contributed by atoms with Gasteiger partial charge in [0.05, 0.1) is 6.54 Å². The van der Waals surface area contributed by atoms with Crippen LogP contribution in [0.25, 0.3) is 0 Å². The minimum atomic E-state index is 0.557. The number of hydrogen-bond acceptors (Lipinski definition) is 5. The number of nitrogens with one attached hydrogen (secondary N) is 1. The summed E-state index contributed by atoms with van der Waals surface area (Å²) in [6, 6.07) is 9.94. The molecule has 5 heteroatoms. The monoisotopic (exact) mass is 235 g/mol. The fraction of sp³-hybridized carbons (Fsp3) is 0.273. The Morgan fingerprint density at radius 1 is 1.25 bits per heavy atom. The lowest BCUT2D eigenvalue weighted by atomic mass is 10.3. The number of anilines is 1. The van der Waals surface area contributed by atoms with Crippen LogP contribution < -0.4 is 5.32 Å². The van der Waals surface area contributed by atoms with Crippen molar-refractivity contribution in [2.45, 2.75) is 18.7 Å². The molecule has 1 heterocycles. The highest BCUT2D eigenvalue weighted by molar-refractivity contribution is 7.99. The fourth-order valence-electron chi connectivity index (χ4n) is 1.23. The number of nitrogens with zero attached hydrogens (tertiary/aromatic N) is 2. The minimum Gasteiger partial charge on any atom is -0.414 e. The maximum absolute atomic E-state index is 5.42. The van der Waals surface area contributed by atoms with Crippen LogP contribution >= 0.6 is 11.8 Å². The van der Waals surface area contributed by atoms with Gasteiger partial charge in [-0.1, -0.05) is 36.9 Å². The average molecular weight is 235 g/mol. The van der Waals surface area contributed by atoms with Crippen LogP contribution in [0.4, 0.5) is 5.69 Å². The number of benzene rings is 1. The van der Waals surface area contributed by atoms with Gasteiger partial charge in [-0.15, -0.1) is 10.2 Å². The molecule has 1 aromatic carbocycles. The van der Waals surface area contributed by atoms with Crippen molar-refractivity contribution in [2.24, 2.45) is 0 Å². The molecule has 0 amide bonds. The van der Waals surface area contributed by atoms with Crippen LogP contribution in [0.1, 0.15) is 12.8 Å². The third kappa shape index (κ3) is 3.00. The van der Waals surface area contributed by atoms with Gasteiger partial charge < -0.3 is 9.73 Å². The Hall–Kier alpha value is -1.49. The van der Waals surface area contributed by atoms with E-state index in [2.05, 4.69) is 22.4 Å². The van der Waals surface area contributed by atoms with E-state index < -0.39 is 0 Å². The minimum absolute atomic E-state index is 0.557. The van der Waals surface area contributed by atoms with Gasteiger partial charge in [0.25, 0.3) is 5.22 Å². The molecule has 16 heavy (non-hydrogen) atoms. The Labute approximate surface area is 98.5 Å². The highest BCUT2D eigenvalue weighted by Crippen LogP contribution is 2.15. The van der Waals surface area contributed by atoms with Crippen molar-refractivity contribution >= 4 is 17.4 Å². The zero-order valence-corrected chi connectivity index (χ0v) is 9.83. The number of rotatable bonds is 5. The van der Waals surface area contributed by atoms with Gasteiger partial charge >= 0.3 is 0 Å². The summed E-state index contributed by atoms with van der Waals surface area (Å²) < 4.78 is 5.42. The molecule has 0 saturated carbocycles. The molecule has 0 spiro atoms. The predicted octanol–water partition coefficient (Wildman–Crippen LogP) is 2.79. The van der Waals surface area contributed by atoms with Crippen molar-refractivity contribution in [3.05, 3.63) is 36.2 Å². The molecular formula is C11H13N3OS. The zero-order valence-electron chi connectivity index (χ0n) is 9.01. The molecule has 0 saturated heterocycles. The van der Waals surface area contributed by atoms with Crippen molar-refractivity contribution < 1.29 is 4.42 Å². The first-order valence-electron chi connectivity index (χ1n) is 5.12. The molecule has 0 unspecified atom stereocenters. The standard InChI is InChI=1S/C11H13N3OS/c1-2-16-11-14-13-10(15-11)8-12-9-6-4-3-5-7-9/h3-7,12H,2,8H2,1H3. The summed E-state index contributed by atoms with van der Waals surface area (Å²) >= 11 is 1.55. The molecule has 0 aliphatic carbocycles. The van der Waals surface area contributed by atoms with Gasteiger partial charge in [-0.05, 0) is 17.9 Å². The van der Waals surface area contributed by atoms with Crippen molar-refractivity contribution in [1.82, 2.24) is 10.2 Å². The molecule has 0 atom stereocenters. The predicted molar refractivity (Wildman–Crippen MR) is 64.5 cm³/mol. The van der Waals surface area contributed by atoms with Crippen LogP contribution in [-0.2, 0) is 6.54 Å². The van der Waals surface area contributed by atoms with Gasteiger partial charge in [0.2, 0.25) is 5.89 Å². The number of hydrogen-bond donors (Lipinski definition) is 1. The van der Waals surface area contributed by atoms with E-state index in [0.717, 1.165) is 11.4 Å². The maximum Gasteiger partial charge on any atom is 0.276 e. The second-order valence-corrected chi connectivity index (χ2v) is 4.33. The lowest BCUT2D eigenvalue weighted by molar-refractivity contribution is 0.418. The molecule has 0 bridgehead atoms. The summed E-state index contributed by atoms with van der Waals surface area (Å²) in [6.45, 7) is 2.61. The smallest absolute Gasteiger partial charge is 0.276 e. The van der Waals surface area contributed by atoms with Crippen LogP contribution in [0.2, 0.25) is 0 Å². The summed E-state index contributed by atoms with van der Waals surface area (Å²) in [7, 11) is 0. The van der Waals surface area contributed by atoms with Crippen molar-refractivity contribution in [3.63, 3.8) is 0 Å². The van der Waals surface area contributed by atoms with E-state index in [0.29, 0.717) is 17.7 Å². The number of thioether (sulfide) groups is 1. The van der Waals surface area contributed by atoms with Crippen LogP contribution in [-0.4, -0.2) is 16.0 Å². The number of aromatic nitrogens is 2. The van der Waals surface area contributed by atoms with E-state index in [1.54, 1.807) is 11.8 Å². The molecule has 0 fully saturated rings. The van der Waals surface area contributed by atoms with Gasteiger partial charge in [0.15, 0.2) is 0 Å². The Bertz CT molecular complexity index is 430. The van der Waals surface area contributed by atoms with Crippen LogP contribution in [0.5, 0.6) is 0 Å². The molecule has 0 aliphatic rings. The highest BCUT2D eigenvalue weighted by Gasteiger charge is 2.04. The number of para-hydroxylation sites is 1. The van der Waals surface area contributed by atoms with Gasteiger partial charge in [-0.3, -0.25) is 0 Å². The molecule has 2 rings (SSSR count). The molecule has 1 N–H and O–H groups in total. The average Bonchev–Trinajstić information content (AvgIpc) is 2.76. The summed E-state index contributed by atoms with van der Waals surface area (Å²) in [5.74, 6) is 1.55. The van der Waals surface area contributed by atoms with E-state index in [1.807, 2.05) is 30.3 Å². The Morgan fingerprint density at radius 2 is 2.06 bits per heavy atom. The van der Waals surface area contributed by atoms with Crippen LogP contribution in [0.3, 0.4) is 0 Å². The van der Waals surface area contributed by atoms with E-state index in [1.165, 1.54) is 0 Å². The van der Waals surface area contributed by atoms with Crippen LogP contribution in [0, 0.1) is 0 Å². The van der Waals surface area contributed by atoms with Crippen LogP contribution in [0.15, 0.2) is 40.0 Å².